The van der Waals surface area contributed by atoms with E-state index >= 15 is 0 Å². The molecule has 4 rings (SSSR count). The summed E-state index contributed by atoms with van der Waals surface area (Å²) in [5.74, 6) is 0.141. The highest BCUT2D eigenvalue weighted by Crippen LogP contribution is 2.24. The van der Waals surface area contributed by atoms with Gasteiger partial charge in [-0.05, 0) is 31.2 Å². The van der Waals surface area contributed by atoms with Crippen LogP contribution >= 0.6 is 0 Å². The van der Waals surface area contributed by atoms with Crippen molar-refractivity contribution in [3.8, 4) is 0 Å². The molecule has 2 aliphatic rings. The van der Waals surface area contributed by atoms with Crippen LogP contribution in [0.25, 0.3) is 0 Å². The van der Waals surface area contributed by atoms with Crippen molar-refractivity contribution in [1.29, 1.82) is 0 Å². The smallest absolute Gasteiger partial charge is 0.243 e. The summed E-state index contributed by atoms with van der Waals surface area (Å²) in [4.78, 5) is 28.8. The first-order chi connectivity index (χ1) is 14.3. The number of amides is 2. The fourth-order valence-electron chi connectivity index (χ4n) is 3.95. The highest BCUT2D eigenvalue weighted by atomic mass is 32.2. The van der Waals surface area contributed by atoms with Crippen LogP contribution in [0.15, 0.2) is 52.0 Å². The summed E-state index contributed by atoms with van der Waals surface area (Å²) in [6.45, 7) is 3.78. The zero-order valence-electron chi connectivity index (χ0n) is 16.9. The second-order valence-electron chi connectivity index (χ2n) is 7.80. The molecule has 0 saturated carbocycles. The summed E-state index contributed by atoms with van der Waals surface area (Å²) < 4.78 is 32.4. The van der Waals surface area contributed by atoms with E-state index in [2.05, 4.69) is 0 Å². The summed E-state index contributed by atoms with van der Waals surface area (Å²) >= 11 is 0. The Kier molecular flexibility index (Phi) is 5.66. The zero-order valence-corrected chi connectivity index (χ0v) is 17.7. The number of hydrogen-bond donors (Lipinski definition) is 0. The number of rotatable bonds is 5. The number of likely N-dealkylation sites (tertiary alicyclic amines) is 1. The summed E-state index contributed by atoms with van der Waals surface area (Å²) in [6.07, 6.45) is 1.74. The van der Waals surface area contributed by atoms with Crippen molar-refractivity contribution in [2.45, 2.75) is 24.8 Å². The molecule has 0 N–H and O–H groups in total. The molecule has 1 atom stereocenters. The summed E-state index contributed by atoms with van der Waals surface area (Å²) in [5.41, 5.74) is 0.997. The van der Waals surface area contributed by atoms with Gasteiger partial charge >= 0.3 is 0 Å². The summed E-state index contributed by atoms with van der Waals surface area (Å²) in [5, 5.41) is 0. The van der Waals surface area contributed by atoms with E-state index in [1.54, 1.807) is 52.5 Å². The first kappa shape index (κ1) is 20.6. The average Bonchev–Trinajstić information content (AvgIpc) is 3.38. The van der Waals surface area contributed by atoms with Crippen molar-refractivity contribution in [2.24, 2.45) is 5.92 Å². The third-order valence-corrected chi connectivity index (χ3v) is 7.61. The van der Waals surface area contributed by atoms with Crippen LogP contribution in [0, 0.1) is 12.8 Å². The fourth-order valence-corrected chi connectivity index (χ4v) is 5.37. The maximum Gasteiger partial charge on any atom is 0.243 e. The predicted octanol–water partition coefficient (Wildman–Crippen LogP) is 1.47. The minimum absolute atomic E-state index is 0.0645. The molecule has 2 fully saturated rings. The SMILES string of the molecule is Cc1ccc(S(=O)(=O)N2CCN(C(=O)[C@H]3CC(=O)N(Cc4ccco4)C3)CC2)cc1. The Labute approximate surface area is 176 Å². The molecular weight excluding hydrogens is 406 g/mol. The lowest BCUT2D eigenvalue weighted by Crippen LogP contribution is -2.52. The van der Waals surface area contributed by atoms with Gasteiger partial charge in [-0.15, -0.1) is 0 Å². The van der Waals surface area contributed by atoms with E-state index in [0.717, 1.165) is 5.56 Å². The highest BCUT2D eigenvalue weighted by molar-refractivity contribution is 7.89. The Balaban J connectivity index is 1.34. The minimum Gasteiger partial charge on any atom is -0.467 e. The normalized spacial score (nSPS) is 20.7. The van der Waals surface area contributed by atoms with Crippen molar-refractivity contribution in [2.75, 3.05) is 32.7 Å². The lowest BCUT2D eigenvalue weighted by Gasteiger charge is -2.35. The number of piperazine rings is 1. The molecular formula is C21H25N3O5S. The Morgan fingerprint density at radius 3 is 2.43 bits per heavy atom. The van der Waals surface area contributed by atoms with Gasteiger partial charge in [-0.1, -0.05) is 17.7 Å². The molecule has 30 heavy (non-hydrogen) atoms. The molecule has 160 valence electrons. The van der Waals surface area contributed by atoms with Crippen LogP contribution in [0.1, 0.15) is 17.7 Å². The molecule has 8 nitrogen and oxygen atoms in total. The molecule has 9 heteroatoms. The molecule has 0 spiro atoms. The maximum absolute atomic E-state index is 12.9. The maximum atomic E-state index is 12.9. The topological polar surface area (TPSA) is 91.1 Å². The monoisotopic (exact) mass is 431 g/mol. The van der Waals surface area contributed by atoms with Gasteiger partial charge in [0, 0.05) is 39.1 Å². The van der Waals surface area contributed by atoms with E-state index < -0.39 is 15.9 Å². The number of hydrogen-bond acceptors (Lipinski definition) is 5. The standard InChI is InChI=1S/C21H25N3O5S/c1-16-4-6-19(7-5-16)30(27,28)24-10-8-22(9-11-24)21(26)17-13-20(25)23(14-17)15-18-3-2-12-29-18/h2-7,12,17H,8-11,13-15H2,1H3/t17-/m0/s1. The molecule has 3 heterocycles. The summed E-state index contributed by atoms with van der Waals surface area (Å²) in [6, 6.07) is 10.3. The Morgan fingerprint density at radius 2 is 1.80 bits per heavy atom. The lowest BCUT2D eigenvalue weighted by atomic mass is 10.1. The Bertz CT molecular complexity index is 1010. The van der Waals surface area contributed by atoms with Crippen molar-refractivity contribution in [3.63, 3.8) is 0 Å². The van der Waals surface area contributed by atoms with Gasteiger partial charge in [0.05, 0.1) is 23.6 Å². The summed E-state index contributed by atoms with van der Waals surface area (Å²) in [7, 11) is -3.57. The van der Waals surface area contributed by atoms with Gasteiger partial charge in [0.1, 0.15) is 5.76 Å². The Morgan fingerprint density at radius 1 is 1.10 bits per heavy atom. The van der Waals surface area contributed by atoms with Crippen LogP contribution in [-0.2, 0) is 26.2 Å². The predicted molar refractivity (Wildman–Crippen MR) is 109 cm³/mol. The number of furan rings is 1. The number of carbonyl (C=O) groups is 2. The molecule has 1 aromatic heterocycles. The largest absolute Gasteiger partial charge is 0.467 e. The molecule has 2 aliphatic heterocycles. The number of benzene rings is 1. The van der Waals surface area contributed by atoms with Gasteiger partial charge in [-0.3, -0.25) is 9.59 Å². The van der Waals surface area contributed by atoms with E-state index in [9.17, 15) is 18.0 Å². The van der Waals surface area contributed by atoms with Gasteiger partial charge < -0.3 is 14.2 Å². The van der Waals surface area contributed by atoms with Crippen LogP contribution in [0.2, 0.25) is 0 Å². The number of aryl methyl sites for hydroxylation is 1. The molecule has 1 aromatic carbocycles. The van der Waals surface area contributed by atoms with Gasteiger partial charge in [0.15, 0.2) is 0 Å². The van der Waals surface area contributed by atoms with Gasteiger partial charge in [0.2, 0.25) is 21.8 Å². The van der Waals surface area contributed by atoms with Crippen molar-refractivity contribution in [1.82, 2.24) is 14.1 Å². The van der Waals surface area contributed by atoms with Gasteiger partial charge in [-0.2, -0.15) is 4.31 Å². The first-order valence-corrected chi connectivity index (χ1v) is 11.4. The third kappa shape index (κ3) is 4.13. The molecule has 2 amide bonds. The van der Waals surface area contributed by atoms with Crippen molar-refractivity contribution in [3.05, 3.63) is 54.0 Å². The minimum atomic E-state index is -3.57. The Hall–Kier alpha value is -2.65. The van der Waals surface area contributed by atoms with Crippen molar-refractivity contribution < 1.29 is 22.4 Å². The fraction of sp³-hybridized carbons (Fsp3) is 0.429. The van der Waals surface area contributed by atoms with E-state index in [4.69, 9.17) is 4.42 Å². The van der Waals surface area contributed by atoms with Crippen molar-refractivity contribution >= 4 is 21.8 Å². The molecule has 0 bridgehead atoms. The van der Waals surface area contributed by atoms with Crippen LogP contribution in [0.5, 0.6) is 0 Å². The zero-order chi connectivity index (χ0) is 21.3. The quantitative estimate of drug-likeness (QED) is 0.715. The molecule has 2 aromatic rings. The number of carbonyl (C=O) groups excluding carboxylic acids is 2. The second-order valence-corrected chi connectivity index (χ2v) is 9.74. The average molecular weight is 432 g/mol. The molecule has 0 unspecified atom stereocenters. The van der Waals surface area contributed by atoms with Crippen LogP contribution in [0.3, 0.4) is 0 Å². The highest BCUT2D eigenvalue weighted by Gasteiger charge is 2.38. The third-order valence-electron chi connectivity index (χ3n) is 5.70. The molecule has 2 saturated heterocycles. The lowest BCUT2D eigenvalue weighted by molar-refractivity contribution is -0.137. The second kappa shape index (κ2) is 8.23. The molecule has 0 radical (unpaired) electrons. The first-order valence-electron chi connectivity index (χ1n) is 10.0. The number of nitrogens with zero attached hydrogens (tertiary/aromatic N) is 3. The van der Waals surface area contributed by atoms with Gasteiger partial charge in [-0.25, -0.2) is 8.42 Å². The van der Waals surface area contributed by atoms with E-state index in [-0.39, 0.29) is 36.2 Å². The molecule has 0 aliphatic carbocycles. The van der Waals surface area contributed by atoms with E-state index in [1.165, 1.54) is 4.31 Å². The van der Waals surface area contributed by atoms with Crippen LogP contribution in [0.4, 0.5) is 0 Å². The van der Waals surface area contributed by atoms with Crippen LogP contribution in [-0.4, -0.2) is 67.1 Å². The van der Waals surface area contributed by atoms with E-state index in [0.29, 0.717) is 31.9 Å². The van der Waals surface area contributed by atoms with E-state index in [1.807, 2.05) is 6.92 Å². The van der Waals surface area contributed by atoms with Crippen LogP contribution < -0.4 is 0 Å². The van der Waals surface area contributed by atoms with Gasteiger partial charge in [0.25, 0.3) is 0 Å². The number of sulfonamides is 1.